The third kappa shape index (κ3) is 4.32. The van der Waals surface area contributed by atoms with Gasteiger partial charge in [0.15, 0.2) is 0 Å². The maximum atomic E-state index is 14.7. The number of hydrogen-bond donors (Lipinski definition) is 2. The SMILES string of the molecule is [2H]C([2H])([2H])Oc1cccc(-c2ccc(Cn3ccc4c(F)ccc(C(=O)NC5CC6(C5)CC(C(=O)O)C6)c43)cc2)c1. The van der Waals surface area contributed by atoms with Crippen LogP contribution in [0.1, 0.15) is 45.7 Å². The van der Waals surface area contributed by atoms with Crippen molar-refractivity contribution in [2.45, 2.75) is 38.3 Å². The van der Waals surface area contributed by atoms with Gasteiger partial charge in [-0.25, -0.2) is 4.39 Å². The summed E-state index contributed by atoms with van der Waals surface area (Å²) in [6.45, 7) is 0.416. The second-order valence-electron chi connectivity index (χ2n) is 10.6. The lowest BCUT2D eigenvalue weighted by molar-refractivity contribution is -0.155. The number of benzene rings is 3. The van der Waals surface area contributed by atoms with Crippen LogP contribution in [0.2, 0.25) is 0 Å². The molecule has 1 heterocycles. The lowest BCUT2D eigenvalue weighted by Gasteiger charge is -2.56. The summed E-state index contributed by atoms with van der Waals surface area (Å²) in [5, 5.41) is 12.6. The van der Waals surface area contributed by atoms with E-state index in [1.807, 2.05) is 34.9 Å². The molecule has 0 bridgehead atoms. The van der Waals surface area contributed by atoms with Gasteiger partial charge in [0.2, 0.25) is 0 Å². The minimum Gasteiger partial charge on any atom is -0.497 e. The molecule has 38 heavy (non-hydrogen) atoms. The first-order valence-electron chi connectivity index (χ1n) is 14.2. The van der Waals surface area contributed by atoms with Gasteiger partial charge in [-0.3, -0.25) is 9.59 Å². The average Bonchev–Trinajstić information content (AvgIpc) is 3.28. The molecule has 6 rings (SSSR count). The van der Waals surface area contributed by atoms with E-state index in [-0.39, 0.29) is 29.0 Å². The van der Waals surface area contributed by atoms with Crippen molar-refractivity contribution in [2.24, 2.45) is 11.3 Å². The Morgan fingerprint density at radius 3 is 2.61 bits per heavy atom. The van der Waals surface area contributed by atoms with Crippen molar-refractivity contribution in [1.29, 1.82) is 0 Å². The molecule has 0 aliphatic heterocycles. The van der Waals surface area contributed by atoms with E-state index >= 15 is 0 Å². The molecule has 6 nitrogen and oxygen atoms in total. The minimum atomic E-state index is -2.53. The van der Waals surface area contributed by atoms with Gasteiger partial charge in [-0.1, -0.05) is 36.4 Å². The molecule has 2 saturated carbocycles. The predicted molar refractivity (Wildman–Crippen MR) is 143 cm³/mol. The largest absolute Gasteiger partial charge is 0.497 e. The number of carboxylic acid groups (broad SMARTS) is 1. The van der Waals surface area contributed by atoms with Crippen molar-refractivity contribution in [3.05, 3.63) is 89.9 Å². The zero-order valence-corrected chi connectivity index (χ0v) is 20.6. The lowest BCUT2D eigenvalue weighted by Crippen LogP contribution is -2.57. The summed E-state index contributed by atoms with van der Waals surface area (Å²) in [7, 11) is -2.53. The van der Waals surface area contributed by atoms with Gasteiger partial charge < -0.3 is 19.7 Å². The molecule has 1 aromatic heterocycles. The molecule has 194 valence electrons. The highest BCUT2D eigenvalue weighted by atomic mass is 19.1. The fraction of sp³-hybridized carbons (Fsp3) is 0.290. The molecule has 3 aromatic carbocycles. The van der Waals surface area contributed by atoms with Gasteiger partial charge in [-0.05, 0) is 78.1 Å². The number of ether oxygens (including phenoxy) is 1. The fourth-order valence-electron chi connectivity index (χ4n) is 6.19. The number of carbonyl (C=O) groups is 2. The van der Waals surface area contributed by atoms with Gasteiger partial charge in [-0.2, -0.15) is 0 Å². The average molecular weight is 516 g/mol. The molecule has 2 N–H and O–H groups in total. The van der Waals surface area contributed by atoms with Crippen LogP contribution >= 0.6 is 0 Å². The Hall–Kier alpha value is -4.13. The van der Waals surface area contributed by atoms with Gasteiger partial charge in [0.05, 0.1) is 28.1 Å². The Morgan fingerprint density at radius 1 is 1.08 bits per heavy atom. The van der Waals surface area contributed by atoms with E-state index in [0.29, 0.717) is 35.9 Å². The third-order valence-electron chi connectivity index (χ3n) is 8.11. The molecule has 7 heteroatoms. The Morgan fingerprint density at radius 2 is 1.87 bits per heavy atom. The van der Waals surface area contributed by atoms with Gasteiger partial charge in [0.1, 0.15) is 11.6 Å². The number of nitrogens with one attached hydrogen (secondary N) is 1. The highest BCUT2D eigenvalue weighted by molar-refractivity contribution is 6.06. The minimum absolute atomic E-state index is 0.0167. The van der Waals surface area contributed by atoms with E-state index in [1.54, 1.807) is 30.5 Å². The smallest absolute Gasteiger partial charge is 0.306 e. The molecule has 0 radical (unpaired) electrons. The maximum absolute atomic E-state index is 14.7. The van der Waals surface area contributed by atoms with Crippen LogP contribution in [0.4, 0.5) is 4.39 Å². The standard InChI is InChI=1S/C31H29FN2O4/c1-38-24-4-2-3-21(13-24)20-7-5-19(6-8-20)18-34-12-11-25-27(32)10-9-26(28(25)34)29(35)33-23-16-31(17-23)14-22(15-31)30(36)37/h2-13,22-23H,14-18H2,1H3,(H,33,35)(H,36,37)/i1D3. The predicted octanol–water partition coefficient (Wildman–Crippen LogP) is 5.88. The monoisotopic (exact) mass is 515 g/mol. The van der Waals surface area contributed by atoms with E-state index < -0.39 is 18.8 Å². The number of methoxy groups -OCH3 is 1. The molecule has 0 saturated heterocycles. The van der Waals surface area contributed by atoms with Crippen molar-refractivity contribution in [1.82, 2.24) is 9.88 Å². The second kappa shape index (κ2) is 9.31. The molecule has 1 spiro atoms. The van der Waals surface area contributed by atoms with E-state index in [0.717, 1.165) is 29.5 Å². The number of amides is 1. The first-order valence-corrected chi connectivity index (χ1v) is 12.7. The van der Waals surface area contributed by atoms with Crippen LogP contribution in [-0.2, 0) is 11.3 Å². The number of carboxylic acids is 1. The van der Waals surface area contributed by atoms with Crippen molar-refractivity contribution >= 4 is 22.8 Å². The molecule has 2 aliphatic rings. The molecule has 2 aliphatic carbocycles. The van der Waals surface area contributed by atoms with E-state index in [9.17, 15) is 14.0 Å². The van der Waals surface area contributed by atoms with Crippen molar-refractivity contribution < 1.29 is 27.9 Å². The molecule has 1 amide bonds. The van der Waals surface area contributed by atoms with Crippen molar-refractivity contribution in [2.75, 3.05) is 7.04 Å². The molecule has 0 unspecified atom stereocenters. The molecule has 2 fully saturated rings. The quantitative estimate of drug-likeness (QED) is 0.322. The Kier molecular flexibility index (Phi) is 5.12. The number of carbonyl (C=O) groups excluding carboxylic acids is 1. The third-order valence-corrected chi connectivity index (χ3v) is 8.11. The molecular weight excluding hydrogens is 483 g/mol. The lowest BCUT2D eigenvalue weighted by atomic mass is 9.50. The first kappa shape index (κ1) is 20.9. The highest BCUT2D eigenvalue weighted by Crippen LogP contribution is 2.58. The molecule has 4 aromatic rings. The Balaban J connectivity index is 1.17. The fourth-order valence-corrected chi connectivity index (χ4v) is 6.19. The number of rotatable bonds is 7. The van der Waals surface area contributed by atoms with Crippen LogP contribution in [0.25, 0.3) is 22.0 Å². The highest BCUT2D eigenvalue weighted by Gasteiger charge is 2.55. The normalized spacial score (nSPS) is 23.6. The van der Waals surface area contributed by atoms with Crippen molar-refractivity contribution in [3.63, 3.8) is 0 Å². The van der Waals surface area contributed by atoms with Crippen LogP contribution < -0.4 is 10.1 Å². The number of fused-ring (bicyclic) bond motifs is 1. The summed E-state index contributed by atoms with van der Waals surface area (Å²) < 4.78 is 43.5. The summed E-state index contributed by atoms with van der Waals surface area (Å²) in [5.41, 5.74) is 3.58. The van der Waals surface area contributed by atoms with Crippen LogP contribution in [0, 0.1) is 17.2 Å². The van der Waals surface area contributed by atoms with Gasteiger partial charge in [-0.15, -0.1) is 0 Å². The zero-order valence-electron chi connectivity index (χ0n) is 23.6. The van der Waals surface area contributed by atoms with Crippen LogP contribution in [0.3, 0.4) is 0 Å². The van der Waals surface area contributed by atoms with E-state index in [1.165, 1.54) is 12.1 Å². The number of nitrogens with zero attached hydrogens (tertiary/aromatic N) is 1. The number of halogens is 1. The number of hydrogen-bond acceptors (Lipinski definition) is 3. The topological polar surface area (TPSA) is 80.6 Å². The summed E-state index contributed by atoms with van der Waals surface area (Å²) >= 11 is 0. The van der Waals surface area contributed by atoms with E-state index in [4.69, 9.17) is 14.0 Å². The summed E-state index contributed by atoms with van der Waals surface area (Å²) in [6.07, 6.45) is 4.64. The summed E-state index contributed by atoms with van der Waals surface area (Å²) in [5.74, 6) is -1.43. The number of aromatic nitrogens is 1. The molecular formula is C31H29FN2O4. The van der Waals surface area contributed by atoms with E-state index in [2.05, 4.69) is 5.32 Å². The summed E-state index contributed by atoms with van der Waals surface area (Å²) in [4.78, 5) is 24.4. The van der Waals surface area contributed by atoms with Gasteiger partial charge in [0.25, 0.3) is 5.91 Å². The maximum Gasteiger partial charge on any atom is 0.306 e. The van der Waals surface area contributed by atoms with Crippen LogP contribution in [-0.4, -0.2) is 34.6 Å². The van der Waals surface area contributed by atoms with Crippen LogP contribution in [0.5, 0.6) is 5.75 Å². The van der Waals surface area contributed by atoms with Crippen molar-refractivity contribution in [3.8, 4) is 16.9 Å². The second-order valence-corrected chi connectivity index (χ2v) is 10.6. The zero-order chi connectivity index (χ0) is 28.9. The molecule has 0 atom stereocenters. The van der Waals surface area contributed by atoms with Gasteiger partial charge in [0, 0.05) is 24.2 Å². The number of aliphatic carboxylic acids is 1. The Bertz CT molecular complexity index is 1630. The first-order chi connectivity index (χ1) is 19.5. The Labute approximate surface area is 224 Å². The summed E-state index contributed by atoms with van der Waals surface area (Å²) in [6, 6.07) is 19.1. The van der Waals surface area contributed by atoms with Gasteiger partial charge >= 0.3 is 5.97 Å². The van der Waals surface area contributed by atoms with Crippen LogP contribution in [0.15, 0.2) is 72.9 Å².